The minimum Gasteiger partial charge on any atom is -0.479 e. The number of aromatic carboxylic acids is 1. The molecule has 7 nitrogen and oxygen atoms in total. The van der Waals surface area contributed by atoms with E-state index in [0.29, 0.717) is 22.8 Å². The lowest BCUT2D eigenvalue weighted by Crippen LogP contribution is -2.34. The number of benzene rings is 1. The molecular formula is C17H13N3O4. The summed E-state index contributed by atoms with van der Waals surface area (Å²) in [4.78, 5) is 27.5. The molecule has 1 aliphatic rings. The van der Waals surface area contributed by atoms with Gasteiger partial charge >= 0.3 is 5.97 Å². The molecule has 0 saturated heterocycles. The Morgan fingerprint density at radius 1 is 1.38 bits per heavy atom. The molecule has 0 aliphatic carbocycles. The van der Waals surface area contributed by atoms with Gasteiger partial charge < -0.3 is 19.6 Å². The van der Waals surface area contributed by atoms with Crippen molar-refractivity contribution in [3.8, 4) is 17.0 Å². The minimum atomic E-state index is -1.03. The highest BCUT2D eigenvalue weighted by Crippen LogP contribution is 2.33. The van der Waals surface area contributed by atoms with Crippen LogP contribution in [0.1, 0.15) is 17.3 Å². The van der Waals surface area contributed by atoms with Crippen LogP contribution in [-0.2, 0) is 4.79 Å². The molecule has 1 amide bonds. The lowest BCUT2D eigenvalue weighted by Gasteiger charge is -2.23. The summed E-state index contributed by atoms with van der Waals surface area (Å²) in [6, 6.07) is 8.52. The summed E-state index contributed by atoms with van der Waals surface area (Å²) in [7, 11) is 0. The number of carboxylic acids is 1. The van der Waals surface area contributed by atoms with Crippen LogP contribution in [0.2, 0.25) is 0 Å². The predicted octanol–water partition coefficient (Wildman–Crippen LogP) is 2.42. The average Bonchev–Trinajstić information content (AvgIpc) is 2.99. The first-order valence-corrected chi connectivity index (χ1v) is 7.36. The summed E-state index contributed by atoms with van der Waals surface area (Å²) >= 11 is 0. The second-order valence-electron chi connectivity index (χ2n) is 5.54. The van der Waals surface area contributed by atoms with Crippen LogP contribution in [0, 0.1) is 0 Å². The normalized spacial score (nSPS) is 16.4. The fourth-order valence-electron chi connectivity index (χ4n) is 2.69. The van der Waals surface area contributed by atoms with Gasteiger partial charge in [-0.3, -0.25) is 4.79 Å². The fraction of sp³-hybridized carbons (Fsp3) is 0.118. The number of anilines is 1. The Bertz CT molecular complexity index is 993. The van der Waals surface area contributed by atoms with Gasteiger partial charge in [0.1, 0.15) is 11.3 Å². The van der Waals surface area contributed by atoms with Gasteiger partial charge in [-0.1, -0.05) is 0 Å². The molecular weight excluding hydrogens is 310 g/mol. The minimum absolute atomic E-state index is 0.132. The number of hydrogen-bond acceptors (Lipinski definition) is 4. The first kappa shape index (κ1) is 14.3. The number of hydrogen-bond donors (Lipinski definition) is 2. The van der Waals surface area contributed by atoms with E-state index in [1.807, 2.05) is 6.07 Å². The van der Waals surface area contributed by atoms with Crippen LogP contribution in [-0.4, -0.2) is 32.5 Å². The molecule has 0 radical (unpaired) electrons. The molecule has 1 aromatic carbocycles. The van der Waals surface area contributed by atoms with Crippen molar-refractivity contribution in [1.29, 1.82) is 0 Å². The summed E-state index contributed by atoms with van der Waals surface area (Å²) in [6.45, 7) is 1.68. The molecule has 3 aromatic rings. The van der Waals surface area contributed by atoms with Gasteiger partial charge in [0.05, 0.1) is 11.4 Å². The molecule has 2 aromatic heterocycles. The average molecular weight is 323 g/mol. The van der Waals surface area contributed by atoms with Crippen LogP contribution >= 0.6 is 0 Å². The number of aromatic nitrogens is 2. The summed E-state index contributed by atoms with van der Waals surface area (Å²) in [5.41, 5.74) is 2.44. The topological polar surface area (TPSA) is 92.9 Å². The standard InChI is InChI=1S/C17H13N3O4/c1-9-16(21)19-12-7-10(4-5-14(12)24-9)13-8-20-6-2-3-11(17(22)23)15(20)18-13/h2-9H,1H3,(H,19,21)(H,22,23). The quantitative estimate of drug-likeness (QED) is 0.755. The van der Waals surface area contributed by atoms with E-state index in [9.17, 15) is 14.7 Å². The van der Waals surface area contributed by atoms with Crippen molar-refractivity contribution in [3.05, 3.63) is 48.3 Å². The van der Waals surface area contributed by atoms with E-state index in [0.717, 1.165) is 5.56 Å². The summed E-state index contributed by atoms with van der Waals surface area (Å²) in [5, 5.41) is 12.0. The highest BCUT2D eigenvalue weighted by atomic mass is 16.5. The van der Waals surface area contributed by atoms with Crippen molar-refractivity contribution in [2.75, 3.05) is 5.32 Å². The van der Waals surface area contributed by atoms with Gasteiger partial charge in [0.2, 0.25) is 0 Å². The second kappa shape index (κ2) is 5.09. The van der Waals surface area contributed by atoms with E-state index >= 15 is 0 Å². The Hall–Kier alpha value is -3.35. The SMILES string of the molecule is CC1Oc2ccc(-c3cn4cccc(C(=O)O)c4n3)cc2NC1=O. The molecule has 0 saturated carbocycles. The van der Waals surface area contributed by atoms with Crippen LogP contribution in [0.4, 0.5) is 5.69 Å². The zero-order valence-electron chi connectivity index (χ0n) is 12.7. The molecule has 2 N–H and O–H groups in total. The zero-order chi connectivity index (χ0) is 16.8. The Labute approximate surface area is 136 Å². The number of fused-ring (bicyclic) bond motifs is 2. The summed E-state index contributed by atoms with van der Waals surface area (Å²) < 4.78 is 7.19. The van der Waals surface area contributed by atoms with Crippen molar-refractivity contribution in [3.63, 3.8) is 0 Å². The number of rotatable bonds is 2. The summed E-state index contributed by atoms with van der Waals surface area (Å²) in [5.74, 6) is -0.638. The van der Waals surface area contributed by atoms with Crippen LogP contribution < -0.4 is 10.1 Å². The van der Waals surface area contributed by atoms with Crippen molar-refractivity contribution in [2.45, 2.75) is 13.0 Å². The Kier molecular flexibility index (Phi) is 3.02. The number of nitrogens with one attached hydrogen (secondary N) is 1. The summed E-state index contributed by atoms with van der Waals surface area (Å²) in [6.07, 6.45) is 2.96. The van der Waals surface area contributed by atoms with Crippen LogP contribution in [0.15, 0.2) is 42.7 Å². The molecule has 1 unspecified atom stereocenters. The first-order valence-electron chi connectivity index (χ1n) is 7.36. The van der Waals surface area contributed by atoms with Gasteiger partial charge in [0.25, 0.3) is 5.91 Å². The van der Waals surface area contributed by atoms with E-state index in [2.05, 4.69) is 10.3 Å². The highest BCUT2D eigenvalue weighted by Gasteiger charge is 2.24. The van der Waals surface area contributed by atoms with E-state index < -0.39 is 12.1 Å². The Morgan fingerprint density at radius 2 is 2.21 bits per heavy atom. The number of pyridine rings is 1. The number of amides is 1. The Balaban J connectivity index is 1.81. The number of carboxylic acid groups (broad SMARTS) is 1. The third-order valence-electron chi connectivity index (χ3n) is 3.92. The molecule has 0 fully saturated rings. The highest BCUT2D eigenvalue weighted by molar-refractivity contribution is 5.98. The van der Waals surface area contributed by atoms with E-state index in [-0.39, 0.29) is 11.5 Å². The number of imidazole rings is 1. The van der Waals surface area contributed by atoms with Gasteiger partial charge in [0, 0.05) is 18.0 Å². The molecule has 0 bridgehead atoms. The molecule has 3 heterocycles. The monoisotopic (exact) mass is 323 g/mol. The van der Waals surface area contributed by atoms with Gasteiger partial charge in [-0.25, -0.2) is 9.78 Å². The lowest BCUT2D eigenvalue weighted by atomic mass is 10.1. The van der Waals surface area contributed by atoms with Crippen LogP contribution in [0.3, 0.4) is 0 Å². The maximum atomic E-state index is 11.7. The number of carbonyl (C=O) groups is 2. The molecule has 7 heteroatoms. The Morgan fingerprint density at radius 3 is 3.00 bits per heavy atom. The van der Waals surface area contributed by atoms with E-state index in [1.165, 1.54) is 6.07 Å². The van der Waals surface area contributed by atoms with Gasteiger partial charge in [-0.2, -0.15) is 0 Å². The predicted molar refractivity (Wildman–Crippen MR) is 86.3 cm³/mol. The lowest BCUT2D eigenvalue weighted by molar-refractivity contribution is -0.122. The van der Waals surface area contributed by atoms with Gasteiger partial charge in [-0.05, 0) is 37.3 Å². The zero-order valence-corrected chi connectivity index (χ0v) is 12.7. The van der Waals surface area contributed by atoms with Gasteiger partial charge in [-0.15, -0.1) is 0 Å². The largest absolute Gasteiger partial charge is 0.479 e. The third-order valence-corrected chi connectivity index (χ3v) is 3.92. The van der Waals surface area contributed by atoms with E-state index in [1.54, 1.807) is 41.9 Å². The van der Waals surface area contributed by atoms with Crippen molar-refractivity contribution >= 4 is 23.2 Å². The van der Waals surface area contributed by atoms with Gasteiger partial charge in [0.15, 0.2) is 11.8 Å². The van der Waals surface area contributed by atoms with Crippen molar-refractivity contribution in [1.82, 2.24) is 9.38 Å². The molecule has 1 atom stereocenters. The number of nitrogens with zero attached hydrogens (tertiary/aromatic N) is 2. The molecule has 0 spiro atoms. The fourth-order valence-corrected chi connectivity index (χ4v) is 2.69. The van der Waals surface area contributed by atoms with Crippen molar-refractivity contribution < 1.29 is 19.4 Å². The maximum Gasteiger partial charge on any atom is 0.339 e. The number of ether oxygens (including phenoxy) is 1. The molecule has 1 aliphatic heterocycles. The van der Waals surface area contributed by atoms with Crippen molar-refractivity contribution in [2.24, 2.45) is 0 Å². The third kappa shape index (κ3) is 2.18. The smallest absolute Gasteiger partial charge is 0.339 e. The first-order chi connectivity index (χ1) is 11.5. The maximum absolute atomic E-state index is 11.7. The van der Waals surface area contributed by atoms with Crippen LogP contribution in [0.25, 0.3) is 16.9 Å². The second-order valence-corrected chi connectivity index (χ2v) is 5.54. The van der Waals surface area contributed by atoms with E-state index in [4.69, 9.17) is 4.74 Å². The van der Waals surface area contributed by atoms with Crippen LogP contribution in [0.5, 0.6) is 5.75 Å². The molecule has 24 heavy (non-hydrogen) atoms. The number of carbonyl (C=O) groups excluding carboxylic acids is 1. The molecule has 120 valence electrons. The molecule has 4 rings (SSSR count).